The molecule has 0 aliphatic heterocycles. The van der Waals surface area contributed by atoms with Crippen LogP contribution in [0.1, 0.15) is 5.56 Å². The molecule has 2 aromatic rings. The van der Waals surface area contributed by atoms with Gasteiger partial charge in [0.15, 0.2) is 6.61 Å². The van der Waals surface area contributed by atoms with Crippen LogP contribution in [0.25, 0.3) is 0 Å². The molecule has 21 heavy (non-hydrogen) atoms. The number of benzene rings is 2. The van der Waals surface area contributed by atoms with E-state index in [9.17, 15) is 9.18 Å². The van der Waals surface area contributed by atoms with E-state index in [2.05, 4.69) is 21.2 Å². The molecule has 1 amide bonds. The van der Waals surface area contributed by atoms with Crippen LogP contribution in [-0.4, -0.2) is 12.5 Å². The zero-order valence-corrected chi connectivity index (χ0v) is 12.9. The van der Waals surface area contributed by atoms with Gasteiger partial charge in [0.25, 0.3) is 5.91 Å². The van der Waals surface area contributed by atoms with Crippen LogP contribution in [0.4, 0.5) is 15.8 Å². The molecule has 0 aromatic heterocycles. The second-order valence-corrected chi connectivity index (χ2v) is 5.36. The molecule has 0 saturated heterocycles. The van der Waals surface area contributed by atoms with Crippen molar-refractivity contribution >= 4 is 33.2 Å². The lowest BCUT2D eigenvalue weighted by Gasteiger charge is -2.10. The standard InChI is InChI=1S/C15H14BrFN2O2/c1-9-2-4-10(5-3-9)19-15(20)8-21-14-7-12(17)11(16)6-13(14)18/h2-7H,8,18H2,1H3,(H,19,20). The number of amides is 1. The summed E-state index contributed by atoms with van der Waals surface area (Å²) in [5.74, 6) is -0.713. The van der Waals surface area contributed by atoms with Gasteiger partial charge in [-0.1, -0.05) is 17.7 Å². The number of hydrogen-bond acceptors (Lipinski definition) is 3. The second kappa shape index (κ2) is 6.58. The molecule has 0 aliphatic rings. The molecule has 0 aliphatic carbocycles. The fourth-order valence-corrected chi connectivity index (χ4v) is 2.01. The highest BCUT2D eigenvalue weighted by Crippen LogP contribution is 2.28. The van der Waals surface area contributed by atoms with Gasteiger partial charge in [0.2, 0.25) is 0 Å². The fourth-order valence-electron chi connectivity index (χ4n) is 1.65. The largest absolute Gasteiger partial charge is 0.481 e. The fraction of sp³-hybridized carbons (Fsp3) is 0.133. The Kier molecular flexibility index (Phi) is 4.80. The molecule has 3 N–H and O–H groups in total. The minimum atomic E-state index is -0.502. The Morgan fingerprint density at radius 1 is 1.33 bits per heavy atom. The zero-order chi connectivity index (χ0) is 15.4. The van der Waals surface area contributed by atoms with E-state index in [-0.39, 0.29) is 28.4 Å². The van der Waals surface area contributed by atoms with Crippen LogP contribution in [0.15, 0.2) is 40.9 Å². The van der Waals surface area contributed by atoms with Crippen molar-refractivity contribution in [2.45, 2.75) is 6.92 Å². The van der Waals surface area contributed by atoms with Crippen molar-refractivity contribution in [3.8, 4) is 5.75 Å². The van der Waals surface area contributed by atoms with E-state index in [1.165, 1.54) is 6.07 Å². The van der Waals surface area contributed by atoms with Gasteiger partial charge in [-0.05, 0) is 41.1 Å². The third-order valence-electron chi connectivity index (χ3n) is 2.75. The quantitative estimate of drug-likeness (QED) is 0.827. The number of aryl methyl sites for hydroxylation is 1. The van der Waals surface area contributed by atoms with Crippen LogP contribution < -0.4 is 15.8 Å². The van der Waals surface area contributed by atoms with Crippen molar-refractivity contribution in [3.05, 3.63) is 52.3 Å². The van der Waals surface area contributed by atoms with Gasteiger partial charge in [-0.2, -0.15) is 0 Å². The van der Waals surface area contributed by atoms with Gasteiger partial charge in [-0.3, -0.25) is 4.79 Å². The van der Waals surface area contributed by atoms with E-state index in [1.807, 2.05) is 19.1 Å². The third-order valence-corrected chi connectivity index (χ3v) is 3.35. The van der Waals surface area contributed by atoms with Crippen LogP contribution in [-0.2, 0) is 4.79 Å². The minimum Gasteiger partial charge on any atom is -0.481 e. The number of carbonyl (C=O) groups is 1. The lowest BCUT2D eigenvalue weighted by Crippen LogP contribution is -2.20. The average Bonchev–Trinajstić information content (AvgIpc) is 2.44. The van der Waals surface area contributed by atoms with Crippen molar-refractivity contribution in [2.24, 2.45) is 0 Å². The summed E-state index contributed by atoms with van der Waals surface area (Å²) in [5, 5.41) is 2.68. The van der Waals surface area contributed by atoms with Crippen molar-refractivity contribution in [2.75, 3.05) is 17.7 Å². The van der Waals surface area contributed by atoms with Crippen molar-refractivity contribution in [3.63, 3.8) is 0 Å². The topological polar surface area (TPSA) is 64.3 Å². The number of hydrogen-bond donors (Lipinski definition) is 2. The van der Waals surface area contributed by atoms with Gasteiger partial charge in [0.1, 0.15) is 11.6 Å². The molecule has 0 bridgehead atoms. The SMILES string of the molecule is Cc1ccc(NC(=O)COc2cc(F)c(Br)cc2N)cc1. The van der Waals surface area contributed by atoms with Gasteiger partial charge < -0.3 is 15.8 Å². The molecule has 0 spiro atoms. The van der Waals surface area contributed by atoms with E-state index in [4.69, 9.17) is 10.5 Å². The summed E-state index contributed by atoms with van der Waals surface area (Å²) in [4.78, 5) is 11.8. The molecule has 110 valence electrons. The van der Waals surface area contributed by atoms with Crippen LogP contribution in [0, 0.1) is 12.7 Å². The summed E-state index contributed by atoms with van der Waals surface area (Å²) in [7, 11) is 0. The molecule has 0 fully saturated rings. The molecule has 6 heteroatoms. The summed E-state index contributed by atoms with van der Waals surface area (Å²) in [6, 6.07) is 9.89. The maximum atomic E-state index is 13.4. The number of halogens is 2. The Labute approximate surface area is 130 Å². The van der Waals surface area contributed by atoms with E-state index in [0.717, 1.165) is 11.6 Å². The van der Waals surface area contributed by atoms with Crippen LogP contribution in [0.5, 0.6) is 5.75 Å². The van der Waals surface area contributed by atoms with E-state index in [1.54, 1.807) is 12.1 Å². The highest BCUT2D eigenvalue weighted by Gasteiger charge is 2.09. The summed E-state index contributed by atoms with van der Waals surface area (Å²) in [6.45, 7) is 1.71. The van der Waals surface area contributed by atoms with Crippen LogP contribution in [0.3, 0.4) is 0 Å². The summed E-state index contributed by atoms with van der Waals surface area (Å²) in [5.41, 5.74) is 7.72. The van der Waals surface area contributed by atoms with Crippen molar-refractivity contribution in [1.82, 2.24) is 0 Å². The molecular weight excluding hydrogens is 339 g/mol. The maximum absolute atomic E-state index is 13.4. The van der Waals surface area contributed by atoms with Gasteiger partial charge in [0, 0.05) is 11.8 Å². The first-order valence-corrected chi connectivity index (χ1v) is 6.99. The Bertz CT molecular complexity index is 659. The smallest absolute Gasteiger partial charge is 0.262 e. The average molecular weight is 353 g/mol. The monoisotopic (exact) mass is 352 g/mol. The molecular formula is C15H14BrFN2O2. The molecule has 0 unspecified atom stereocenters. The Balaban J connectivity index is 1.95. The number of nitrogens with two attached hydrogens (primary N) is 1. The molecule has 0 atom stereocenters. The lowest BCUT2D eigenvalue weighted by molar-refractivity contribution is -0.118. The molecule has 4 nitrogen and oxygen atoms in total. The normalized spacial score (nSPS) is 10.2. The predicted octanol–water partition coefficient (Wildman–Crippen LogP) is 3.50. The van der Waals surface area contributed by atoms with Crippen LogP contribution >= 0.6 is 15.9 Å². The summed E-state index contributed by atoms with van der Waals surface area (Å²) >= 11 is 3.02. The highest BCUT2D eigenvalue weighted by molar-refractivity contribution is 9.10. The molecule has 2 rings (SSSR count). The van der Waals surface area contributed by atoms with Gasteiger partial charge in [0.05, 0.1) is 10.2 Å². The second-order valence-electron chi connectivity index (χ2n) is 4.51. The first-order valence-electron chi connectivity index (χ1n) is 6.19. The van der Waals surface area contributed by atoms with Gasteiger partial charge in [-0.25, -0.2) is 4.39 Å². The molecule has 0 heterocycles. The van der Waals surface area contributed by atoms with Gasteiger partial charge >= 0.3 is 0 Å². The van der Waals surface area contributed by atoms with Crippen molar-refractivity contribution < 1.29 is 13.9 Å². The minimum absolute atomic E-state index is 0.134. The number of carbonyl (C=O) groups excluding carboxylic acids is 1. The molecule has 2 aromatic carbocycles. The number of rotatable bonds is 4. The number of nitrogens with one attached hydrogen (secondary N) is 1. The van der Waals surface area contributed by atoms with Crippen molar-refractivity contribution in [1.29, 1.82) is 0 Å². The Morgan fingerprint density at radius 3 is 2.67 bits per heavy atom. The molecule has 0 saturated carbocycles. The van der Waals surface area contributed by atoms with E-state index >= 15 is 0 Å². The van der Waals surface area contributed by atoms with Crippen LogP contribution in [0.2, 0.25) is 0 Å². The predicted molar refractivity (Wildman–Crippen MR) is 83.8 cm³/mol. The highest BCUT2D eigenvalue weighted by atomic mass is 79.9. The summed E-state index contributed by atoms with van der Waals surface area (Å²) in [6.07, 6.45) is 0. The summed E-state index contributed by atoms with van der Waals surface area (Å²) < 4.78 is 18.9. The Morgan fingerprint density at radius 2 is 2.00 bits per heavy atom. The Hall–Kier alpha value is -2.08. The first kappa shape index (κ1) is 15.3. The molecule has 0 radical (unpaired) electrons. The zero-order valence-electron chi connectivity index (χ0n) is 11.3. The number of anilines is 2. The number of nitrogen functional groups attached to an aromatic ring is 1. The van der Waals surface area contributed by atoms with E-state index in [0.29, 0.717) is 5.69 Å². The lowest BCUT2D eigenvalue weighted by atomic mass is 10.2. The van der Waals surface area contributed by atoms with Gasteiger partial charge in [-0.15, -0.1) is 0 Å². The first-order chi connectivity index (χ1) is 9.95. The number of ether oxygens (including phenoxy) is 1. The maximum Gasteiger partial charge on any atom is 0.262 e. The van der Waals surface area contributed by atoms with E-state index < -0.39 is 5.82 Å². The third kappa shape index (κ3) is 4.19.